The van der Waals surface area contributed by atoms with Crippen molar-refractivity contribution < 1.29 is 27.5 Å². The van der Waals surface area contributed by atoms with Gasteiger partial charge in [-0.3, -0.25) is 9.69 Å². The lowest BCUT2D eigenvalue weighted by Gasteiger charge is -2.48. The fraction of sp³-hybridized carbons (Fsp3) is 0.536. The Labute approximate surface area is 209 Å². The van der Waals surface area contributed by atoms with Gasteiger partial charge in [-0.2, -0.15) is 0 Å². The number of carbonyl (C=O) groups is 1. The number of halogens is 4. The molecule has 1 N–H and O–H groups in total. The van der Waals surface area contributed by atoms with Gasteiger partial charge in [-0.1, -0.05) is 26.0 Å². The number of rotatable bonds is 3. The molecule has 4 atom stereocenters. The zero-order chi connectivity index (χ0) is 26.6. The van der Waals surface area contributed by atoms with Crippen LogP contribution >= 0.6 is 0 Å². The van der Waals surface area contributed by atoms with E-state index in [2.05, 4.69) is 4.90 Å². The minimum atomic E-state index is -1.58. The summed E-state index contributed by atoms with van der Waals surface area (Å²) in [4.78, 5) is 17.7. The molecule has 2 saturated heterocycles. The summed E-state index contributed by atoms with van der Waals surface area (Å²) in [6.45, 7) is 10.8. The van der Waals surface area contributed by atoms with Crippen molar-refractivity contribution in [2.45, 2.75) is 51.7 Å². The van der Waals surface area contributed by atoms with Crippen LogP contribution in [0.3, 0.4) is 0 Å². The Hall–Kier alpha value is -2.45. The Morgan fingerprint density at radius 3 is 1.97 bits per heavy atom. The summed E-state index contributed by atoms with van der Waals surface area (Å²) in [5, 5.41) is 11.6. The molecule has 2 fully saturated rings. The van der Waals surface area contributed by atoms with Crippen LogP contribution < -0.4 is 0 Å². The first kappa shape index (κ1) is 26.6. The smallest absolute Gasteiger partial charge is 0.227 e. The van der Waals surface area contributed by atoms with E-state index in [1.807, 2.05) is 20.8 Å². The topological polar surface area (TPSA) is 43.8 Å². The molecule has 2 heterocycles. The highest BCUT2D eigenvalue weighted by Gasteiger charge is 2.51. The standard InChI is InChI=1S/C28H34F4N2O2/c1-16-12-33(13-17(2)28(16,36)23-9-7-19(30)11-25(23)32)26(35)22-15-34(27(3,4)5)14-21(22)20-8-6-18(29)10-24(20)31/h6-11,16-17,21-22,36H,12-15H2,1-5H3/t16?,17?,21-,22+,28?/m0/s1. The first-order chi connectivity index (χ1) is 16.7. The molecule has 0 aliphatic carbocycles. The predicted octanol–water partition coefficient (Wildman–Crippen LogP) is 5.06. The van der Waals surface area contributed by atoms with E-state index in [1.165, 1.54) is 18.2 Å². The van der Waals surface area contributed by atoms with Crippen molar-refractivity contribution in [3.8, 4) is 0 Å². The molecule has 2 aliphatic heterocycles. The summed E-state index contributed by atoms with van der Waals surface area (Å²) in [5.41, 5.74) is -1.51. The third kappa shape index (κ3) is 4.65. The number of likely N-dealkylation sites (tertiary alicyclic amines) is 2. The Balaban J connectivity index is 1.62. The molecule has 0 bridgehead atoms. The van der Waals surface area contributed by atoms with E-state index in [-0.39, 0.29) is 30.1 Å². The highest BCUT2D eigenvalue weighted by atomic mass is 19.1. The van der Waals surface area contributed by atoms with Crippen LogP contribution in [-0.4, -0.2) is 52.5 Å². The average molecular weight is 507 g/mol. The maximum Gasteiger partial charge on any atom is 0.227 e. The Morgan fingerprint density at radius 2 is 1.44 bits per heavy atom. The first-order valence-corrected chi connectivity index (χ1v) is 12.4. The maximum atomic E-state index is 14.8. The molecule has 0 radical (unpaired) electrons. The lowest BCUT2D eigenvalue weighted by molar-refractivity contribution is -0.153. The van der Waals surface area contributed by atoms with Crippen molar-refractivity contribution in [3.05, 3.63) is 70.8 Å². The quantitative estimate of drug-likeness (QED) is 0.592. The van der Waals surface area contributed by atoms with Crippen LogP contribution in [0.2, 0.25) is 0 Å². The number of piperidine rings is 1. The summed E-state index contributed by atoms with van der Waals surface area (Å²) in [6, 6.07) is 6.61. The molecule has 0 saturated carbocycles. The third-order valence-electron chi connectivity index (χ3n) is 8.11. The van der Waals surface area contributed by atoms with Gasteiger partial charge in [0.1, 0.15) is 28.9 Å². The normalized spacial score (nSPS) is 29.6. The summed E-state index contributed by atoms with van der Waals surface area (Å²) >= 11 is 0. The number of nitrogens with zero attached hydrogens (tertiary/aromatic N) is 2. The molecule has 2 aliphatic rings. The van der Waals surface area contributed by atoms with E-state index in [0.717, 1.165) is 18.2 Å². The molecule has 4 rings (SSSR count). The zero-order valence-corrected chi connectivity index (χ0v) is 21.4. The molecule has 0 aromatic heterocycles. The van der Waals surface area contributed by atoms with Crippen LogP contribution in [0.25, 0.3) is 0 Å². The van der Waals surface area contributed by atoms with Crippen molar-refractivity contribution in [1.82, 2.24) is 9.80 Å². The van der Waals surface area contributed by atoms with Gasteiger partial charge in [0.2, 0.25) is 5.91 Å². The van der Waals surface area contributed by atoms with Crippen LogP contribution in [0.5, 0.6) is 0 Å². The van der Waals surface area contributed by atoms with Gasteiger partial charge in [-0.05, 0) is 38.5 Å². The number of carbonyl (C=O) groups excluding carboxylic acids is 1. The van der Waals surface area contributed by atoms with Crippen molar-refractivity contribution in [3.63, 3.8) is 0 Å². The second-order valence-corrected chi connectivity index (χ2v) is 11.4. The number of hydrogen-bond acceptors (Lipinski definition) is 3. The summed E-state index contributed by atoms with van der Waals surface area (Å²) < 4.78 is 56.5. The molecular formula is C28H34F4N2O2. The minimum absolute atomic E-state index is 0.0158. The number of aliphatic hydroxyl groups is 1. The molecule has 8 heteroatoms. The Kier molecular flexibility index (Phi) is 6.99. The van der Waals surface area contributed by atoms with Crippen LogP contribution in [0.4, 0.5) is 17.6 Å². The lowest BCUT2D eigenvalue weighted by atomic mass is 9.70. The van der Waals surface area contributed by atoms with E-state index >= 15 is 0 Å². The fourth-order valence-electron chi connectivity index (χ4n) is 5.98. The van der Waals surface area contributed by atoms with E-state index in [1.54, 1.807) is 18.7 Å². The predicted molar refractivity (Wildman–Crippen MR) is 129 cm³/mol. The highest BCUT2D eigenvalue weighted by molar-refractivity contribution is 5.81. The van der Waals surface area contributed by atoms with Crippen LogP contribution in [0, 0.1) is 41.0 Å². The monoisotopic (exact) mass is 506 g/mol. The Morgan fingerprint density at radius 1 is 0.889 bits per heavy atom. The molecule has 2 aromatic rings. The van der Waals surface area contributed by atoms with E-state index < -0.39 is 52.5 Å². The zero-order valence-electron chi connectivity index (χ0n) is 21.4. The number of benzene rings is 2. The van der Waals surface area contributed by atoms with Crippen molar-refractivity contribution >= 4 is 5.91 Å². The van der Waals surface area contributed by atoms with E-state index in [0.29, 0.717) is 18.7 Å². The third-order valence-corrected chi connectivity index (χ3v) is 8.11. The second-order valence-electron chi connectivity index (χ2n) is 11.4. The van der Waals surface area contributed by atoms with E-state index in [9.17, 15) is 27.5 Å². The summed E-state index contributed by atoms with van der Waals surface area (Å²) in [5.74, 6) is -5.15. The molecule has 2 unspecified atom stereocenters. The lowest BCUT2D eigenvalue weighted by Crippen LogP contribution is -2.57. The second kappa shape index (κ2) is 9.45. The SMILES string of the molecule is CC1CN(C(=O)[C@@H]2CN(C(C)(C)C)C[C@H]2c2ccc(F)cc2F)CC(C)C1(O)c1ccc(F)cc1F. The van der Waals surface area contributed by atoms with Crippen molar-refractivity contribution in [2.24, 2.45) is 17.8 Å². The molecule has 4 nitrogen and oxygen atoms in total. The van der Waals surface area contributed by atoms with Gasteiger partial charge >= 0.3 is 0 Å². The first-order valence-electron chi connectivity index (χ1n) is 12.4. The van der Waals surface area contributed by atoms with Crippen LogP contribution in [0.15, 0.2) is 36.4 Å². The van der Waals surface area contributed by atoms with Gasteiger partial charge in [0.25, 0.3) is 0 Å². The van der Waals surface area contributed by atoms with Crippen LogP contribution in [-0.2, 0) is 10.4 Å². The van der Waals surface area contributed by atoms with Gasteiger partial charge in [0, 0.05) is 67.2 Å². The molecule has 2 aromatic carbocycles. The van der Waals surface area contributed by atoms with Gasteiger partial charge in [-0.25, -0.2) is 17.6 Å². The van der Waals surface area contributed by atoms with Crippen molar-refractivity contribution in [2.75, 3.05) is 26.2 Å². The molecular weight excluding hydrogens is 472 g/mol. The number of amides is 1. The fourth-order valence-corrected chi connectivity index (χ4v) is 5.98. The molecule has 0 spiro atoms. The van der Waals surface area contributed by atoms with Crippen LogP contribution in [0.1, 0.15) is 51.7 Å². The van der Waals surface area contributed by atoms with Crippen molar-refractivity contribution in [1.29, 1.82) is 0 Å². The number of hydrogen-bond donors (Lipinski definition) is 1. The largest absolute Gasteiger partial charge is 0.384 e. The highest BCUT2D eigenvalue weighted by Crippen LogP contribution is 2.44. The maximum absolute atomic E-state index is 14.8. The molecule has 1 amide bonds. The van der Waals surface area contributed by atoms with Gasteiger partial charge in [-0.15, -0.1) is 0 Å². The van der Waals surface area contributed by atoms with Gasteiger partial charge in [0.05, 0.1) is 5.92 Å². The molecule has 36 heavy (non-hydrogen) atoms. The van der Waals surface area contributed by atoms with E-state index in [4.69, 9.17) is 0 Å². The Bertz CT molecular complexity index is 1140. The molecule has 196 valence electrons. The minimum Gasteiger partial charge on any atom is -0.384 e. The van der Waals surface area contributed by atoms with Gasteiger partial charge < -0.3 is 10.0 Å². The average Bonchev–Trinajstić information content (AvgIpc) is 3.22. The summed E-state index contributed by atoms with van der Waals surface area (Å²) in [6.07, 6.45) is 0. The summed E-state index contributed by atoms with van der Waals surface area (Å²) in [7, 11) is 0. The van der Waals surface area contributed by atoms with Gasteiger partial charge in [0.15, 0.2) is 0 Å².